The molecule has 4 nitrogen and oxygen atoms in total. The molecule has 104 valence electrons. The molecule has 1 saturated heterocycles. The van der Waals surface area contributed by atoms with E-state index in [4.69, 9.17) is 16.3 Å². The van der Waals surface area contributed by atoms with E-state index in [1.54, 1.807) is 6.20 Å². The highest BCUT2D eigenvalue weighted by Gasteiger charge is 2.16. The van der Waals surface area contributed by atoms with Gasteiger partial charge in [0.05, 0.1) is 19.3 Å². The zero-order valence-electron chi connectivity index (χ0n) is 11.0. The number of rotatable bonds is 3. The number of aromatic nitrogens is 1. The monoisotopic (exact) mass is 289 g/mol. The molecule has 1 unspecified atom stereocenters. The van der Waals surface area contributed by atoms with Crippen molar-refractivity contribution in [3.05, 3.63) is 53.2 Å². The summed E-state index contributed by atoms with van der Waals surface area (Å²) in [6.45, 7) is 2.29. The van der Waals surface area contributed by atoms with Crippen molar-refractivity contribution >= 4 is 23.1 Å². The van der Waals surface area contributed by atoms with Crippen molar-refractivity contribution in [2.45, 2.75) is 6.04 Å². The average Bonchev–Trinajstić information content (AvgIpc) is 2.49. The smallest absolute Gasteiger partial charge is 0.130 e. The molecule has 0 aliphatic carbocycles. The van der Waals surface area contributed by atoms with Gasteiger partial charge in [-0.3, -0.25) is 0 Å². The van der Waals surface area contributed by atoms with Crippen LogP contribution in [-0.2, 0) is 4.74 Å². The third kappa shape index (κ3) is 3.28. The number of anilines is 2. The lowest BCUT2D eigenvalue weighted by molar-refractivity contribution is 0.0769. The molecule has 0 bridgehead atoms. The van der Waals surface area contributed by atoms with Gasteiger partial charge in [-0.25, -0.2) is 4.98 Å². The van der Waals surface area contributed by atoms with Gasteiger partial charge in [-0.05, 0) is 35.9 Å². The average molecular weight is 290 g/mol. The summed E-state index contributed by atoms with van der Waals surface area (Å²) >= 11 is 6.21. The lowest BCUT2D eigenvalue weighted by atomic mass is 10.1. The van der Waals surface area contributed by atoms with Gasteiger partial charge >= 0.3 is 0 Å². The maximum Gasteiger partial charge on any atom is 0.130 e. The summed E-state index contributed by atoms with van der Waals surface area (Å²) in [6.07, 6.45) is 1.75. The van der Waals surface area contributed by atoms with Crippen LogP contribution in [0.25, 0.3) is 0 Å². The summed E-state index contributed by atoms with van der Waals surface area (Å²) in [5.74, 6) is 0.800. The molecule has 0 radical (unpaired) electrons. The molecule has 3 rings (SSSR count). The van der Waals surface area contributed by atoms with Gasteiger partial charge in [0.15, 0.2) is 0 Å². The summed E-state index contributed by atoms with van der Waals surface area (Å²) in [5.41, 5.74) is 2.05. The highest BCUT2D eigenvalue weighted by molar-refractivity contribution is 6.31. The largest absolute Gasteiger partial charge is 0.378 e. The lowest BCUT2D eigenvalue weighted by Gasteiger charge is -2.24. The number of morpholine rings is 1. The Morgan fingerprint density at radius 1 is 1.30 bits per heavy atom. The molecule has 0 amide bonds. The Morgan fingerprint density at radius 2 is 2.25 bits per heavy atom. The minimum Gasteiger partial charge on any atom is -0.378 e. The molecule has 0 spiro atoms. The Labute approximate surface area is 123 Å². The topological polar surface area (TPSA) is 46.2 Å². The van der Waals surface area contributed by atoms with E-state index < -0.39 is 0 Å². The van der Waals surface area contributed by atoms with Crippen molar-refractivity contribution in [2.75, 3.05) is 25.1 Å². The van der Waals surface area contributed by atoms with Gasteiger partial charge in [0.1, 0.15) is 5.82 Å². The van der Waals surface area contributed by atoms with E-state index >= 15 is 0 Å². The molecule has 1 aromatic heterocycles. The Balaban J connectivity index is 1.82. The fourth-order valence-electron chi connectivity index (χ4n) is 2.25. The number of hydrogen-bond donors (Lipinski definition) is 2. The molecule has 1 fully saturated rings. The molecule has 1 aliphatic heterocycles. The van der Waals surface area contributed by atoms with Crippen molar-refractivity contribution in [1.29, 1.82) is 0 Å². The van der Waals surface area contributed by atoms with E-state index in [0.717, 1.165) is 30.2 Å². The van der Waals surface area contributed by atoms with Crippen LogP contribution in [0, 0.1) is 0 Å². The van der Waals surface area contributed by atoms with Crippen molar-refractivity contribution in [3.8, 4) is 0 Å². The maximum absolute atomic E-state index is 6.21. The van der Waals surface area contributed by atoms with Crippen LogP contribution in [0.15, 0.2) is 42.6 Å². The highest BCUT2D eigenvalue weighted by atomic mass is 35.5. The SMILES string of the molecule is Clc1cc(Nc2ccccn2)cc(C2COCCN2)c1. The molecule has 5 heteroatoms. The summed E-state index contributed by atoms with van der Waals surface area (Å²) in [7, 11) is 0. The first-order chi connectivity index (χ1) is 9.81. The molecule has 1 aromatic carbocycles. The summed E-state index contributed by atoms with van der Waals surface area (Å²) in [6, 6.07) is 11.9. The van der Waals surface area contributed by atoms with Crippen LogP contribution in [0.2, 0.25) is 5.02 Å². The first-order valence-corrected chi connectivity index (χ1v) is 6.99. The third-order valence-electron chi connectivity index (χ3n) is 3.18. The van der Waals surface area contributed by atoms with Gasteiger partial charge in [0, 0.05) is 23.5 Å². The van der Waals surface area contributed by atoms with Crippen LogP contribution in [0.5, 0.6) is 0 Å². The predicted molar refractivity (Wildman–Crippen MR) is 80.5 cm³/mol. The van der Waals surface area contributed by atoms with Crippen LogP contribution in [0.4, 0.5) is 11.5 Å². The van der Waals surface area contributed by atoms with Gasteiger partial charge in [-0.2, -0.15) is 0 Å². The number of halogens is 1. The van der Waals surface area contributed by atoms with Gasteiger partial charge in [0.2, 0.25) is 0 Å². The second-order valence-corrected chi connectivity index (χ2v) is 5.13. The number of nitrogens with zero attached hydrogens (tertiary/aromatic N) is 1. The molecular weight excluding hydrogens is 274 g/mol. The summed E-state index contributed by atoms with van der Waals surface area (Å²) in [5, 5.41) is 7.39. The van der Waals surface area contributed by atoms with Crippen molar-refractivity contribution in [3.63, 3.8) is 0 Å². The van der Waals surface area contributed by atoms with Gasteiger partial charge in [0.25, 0.3) is 0 Å². The minimum absolute atomic E-state index is 0.187. The highest BCUT2D eigenvalue weighted by Crippen LogP contribution is 2.26. The Hall–Kier alpha value is -1.62. The Kier molecular flexibility index (Phi) is 4.16. The second-order valence-electron chi connectivity index (χ2n) is 4.69. The van der Waals surface area contributed by atoms with E-state index in [2.05, 4.69) is 21.7 Å². The van der Waals surface area contributed by atoms with Gasteiger partial charge in [-0.1, -0.05) is 17.7 Å². The van der Waals surface area contributed by atoms with Gasteiger partial charge in [-0.15, -0.1) is 0 Å². The van der Waals surface area contributed by atoms with Crippen LogP contribution in [-0.4, -0.2) is 24.7 Å². The first kappa shape index (κ1) is 13.4. The lowest BCUT2D eigenvalue weighted by Crippen LogP contribution is -2.34. The normalized spacial score (nSPS) is 18.8. The number of benzene rings is 1. The standard InChI is InChI=1S/C15H16ClN3O/c16-12-7-11(14-10-20-6-5-17-14)8-13(9-12)19-15-3-1-2-4-18-15/h1-4,7-9,14,17H,5-6,10H2,(H,18,19). The Morgan fingerprint density at radius 3 is 3.00 bits per heavy atom. The number of nitrogens with one attached hydrogen (secondary N) is 2. The summed E-state index contributed by atoms with van der Waals surface area (Å²) < 4.78 is 5.50. The molecule has 1 atom stereocenters. The van der Waals surface area contributed by atoms with E-state index in [0.29, 0.717) is 11.6 Å². The Bertz CT molecular complexity index is 571. The zero-order chi connectivity index (χ0) is 13.8. The molecular formula is C15H16ClN3O. The molecule has 2 heterocycles. The van der Waals surface area contributed by atoms with E-state index in [9.17, 15) is 0 Å². The number of hydrogen-bond acceptors (Lipinski definition) is 4. The van der Waals surface area contributed by atoms with E-state index in [1.807, 2.05) is 30.3 Å². The van der Waals surface area contributed by atoms with Crippen molar-refractivity contribution < 1.29 is 4.74 Å². The van der Waals surface area contributed by atoms with E-state index in [-0.39, 0.29) is 6.04 Å². The van der Waals surface area contributed by atoms with Crippen LogP contribution < -0.4 is 10.6 Å². The first-order valence-electron chi connectivity index (χ1n) is 6.61. The fraction of sp³-hybridized carbons (Fsp3) is 0.267. The quantitative estimate of drug-likeness (QED) is 0.911. The maximum atomic E-state index is 6.21. The fourth-order valence-corrected chi connectivity index (χ4v) is 2.49. The third-order valence-corrected chi connectivity index (χ3v) is 3.40. The van der Waals surface area contributed by atoms with Crippen molar-refractivity contribution in [1.82, 2.24) is 10.3 Å². The van der Waals surface area contributed by atoms with Crippen LogP contribution in [0.1, 0.15) is 11.6 Å². The van der Waals surface area contributed by atoms with Crippen molar-refractivity contribution in [2.24, 2.45) is 0 Å². The molecule has 2 aromatic rings. The molecule has 2 N–H and O–H groups in total. The summed E-state index contributed by atoms with van der Waals surface area (Å²) in [4.78, 5) is 4.25. The molecule has 0 saturated carbocycles. The number of ether oxygens (including phenoxy) is 1. The van der Waals surface area contributed by atoms with E-state index in [1.165, 1.54) is 0 Å². The predicted octanol–water partition coefficient (Wildman–Crippen LogP) is 3.14. The number of pyridine rings is 1. The van der Waals surface area contributed by atoms with Crippen LogP contribution in [0.3, 0.4) is 0 Å². The molecule has 20 heavy (non-hydrogen) atoms. The second kappa shape index (κ2) is 6.22. The zero-order valence-corrected chi connectivity index (χ0v) is 11.7. The van der Waals surface area contributed by atoms with Crippen LogP contribution >= 0.6 is 11.6 Å². The molecule has 1 aliphatic rings. The van der Waals surface area contributed by atoms with Gasteiger partial charge < -0.3 is 15.4 Å². The minimum atomic E-state index is 0.187.